The highest BCUT2D eigenvalue weighted by Gasteiger charge is 2.13. The lowest BCUT2D eigenvalue weighted by Gasteiger charge is -2.06. The number of halogens is 2. The van der Waals surface area contributed by atoms with Gasteiger partial charge >= 0.3 is 0 Å². The van der Waals surface area contributed by atoms with Crippen LogP contribution >= 0.6 is 11.8 Å². The van der Waals surface area contributed by atoms with Crippen LogP contribution in [0.5, 0.6) is 0 Å². The summed E-state index contributed by atoms with van der Waals surface area (Å²) in [6.07, 6.45) is 1.46. The average Bonchev–Trinajstić information content (AvgIpc) is 2.85. The number of nitrogens with one attached hydrogen (secondary N) is 2. The number of hydrogen-bond donors (Lipinski definition) is 2. The van der Waals surface area contributed by atoms with Gasteiger partial charge in [-0.3, -0.25) is 9.89 Å². The van der Waals surface area contributed by atoms with Crippen molar-refractivity contribution in [3.05, 3.63) is 46.8 Å². The molecule has 2 rings (SSSR count). The SMILES string of the molecule is Cc1n[nH]c(C)c1C=C(C#N)C(=O)Nc1ccc(SC(F)F)cc1. The van der Waals surface area contributed by atoms with E-state index in [0.717, 1.165) is 5.69 Å². The third-order valence-corrected chi connectivity index (χ3v) is 3.90. The van der Waals surface area contributed by atoms with Crippen molar-refractivity contribution in [1.29, 1.82) is 5.26 Å². The minimum Gasteiger partial charge on any atom is -0.321 e. The summed E-state index contributed by atoms with van der Waals surface area (Å²) in [4.78, 5) is 12.6. The lowest BCUT2D eigenvalue weighted by atomic mass is 10.1. The van der Waals surface area contributed by atoms with E-state index >= 15 is 0 Å². The Kier molecular flexibility index (Phi) is 5.71. The molecule has 1 heterocycles. The van der Waals surface area contributed by atoms with Crippen molar-refractivity contribution in [2.45, 2.75) is 24.5 Å². The second-order valence-corrected chi connectivity index (χ2v) is 5.94. The van der Waals surface area contributed by atoms with Gasteiger partial charge < -0.3 is 5.32 Å². The first-order valence-corrected chi connectivity index (χ1v) is 7.78. The minimum absolute atomic E-state index is 0.0753. The Balaban J connectivity index is 2.14. The molecule has 0 radical (unpaired) electrons. The molecule has 2 aromatic rings. The number of aromatic amines is 1. The average molecular weight is 348 g/mol. The van der Waals surface area contributed by atoms with Gasteiger partial charge in [-0.15, -0.1) is 0 Å². The van der Waals surface area contributed by atoms with Gasteiger partial charge in [0.15, 0.2) is 0 Å². The largest absolute Gasteiger partial charge is 0.321 e. The van der Waals surface area contributed by atoms with Crippen molar-refractivity contribution in [2.75, 3.05) is 5.32 Å². The first-order chi connectivity index (χ1) is 11.4. The van der Waals surface area contributed by atoms with Gasteiger partial charge in [-0.2, -0.15) is 19.1 Å². The normalized spacial score (nSPS) is 11.4. The number of nitriles is 1. The third kappa shape index (κ3) is 4.43. The van der Waals surface area contributed by atoms with Crippen LogP contribution in [0.1, 0.15) is 17.0 Å². The number of nitrogens with zero attached hydrogens (tertiary/aromatic N) is 2. The predicted molar refractivity (Wildman–Crippen MR) is 88.6 cm³/mol. The van der Waals surface area contributed by atoms with Crippen LogP contribution < -0.4 is 5.32 Å². The zero-order chi connectivity index (χ0) is 17.7. The van der Waals surface area contributed by atoms with Crippen LogP contribution in [0, 0.1) is 25.2 Å². The quantitative estimate of drug-likeness (QED) is 0.488. The Morgan fingerprint density at radius 1 is 1.38 bits per heavy atom. The second-order valence-electron chi connectivity index (χ2n) is 4.87. The lowest BCUT2D eigenvalue weighted by Crippen LogP contribution is -2.13. The molecule has 0 unspecified atom stereocenters. The van der Waals surface area contributed by atoms with E-state index in [1.165, 1.54) is 30.3 Å². The van der Waals surface area contributed by atoms with E-state index in [9.17, 15) is 18.8 Å². The number of benzene rings is 1. The predicted octanol–water partition coefficient (Wildman–Crippen LogP) is 3.89. The molecule has 0 aliphatic carbocycles. The van der Waals surface area contributed by atoms with Crippen LogP contribution in [-0.2, 0) is 4.79 Å². The monoisotopic (exact) mass is 348 g/mol. The van der Waals surface area contributed by atoms with Gasteiger partial charge in [0.2, 0.25) is 0 Å². The molecule has 0 aliphatic heterocycles. The molecule has 0 saturated carbocycles. The molecule has 0 fully saturated rings. The zero-order valence-corrected chi connectivity index (χ0v) is 13.7. The van der Waals surface area contributed by atoms with Crippen LogP contribution in [0.15, 0.2) is 34.7 Å². The number of rotatable bonds is 5. The maximum absolute atomic E-state index is 12.3. The van der Waals surface area contributed by atoms with E-state index in [1.807, 2.05) is 6.07 Å². The van der Waals surface area contributed by atoms with Crippen molar-refractivity contribution in [1.82, 2.24) is 10.2 Å². The van der Waals surface area contributed by atoms with E-state index in [4.69, 9.17) is 0 Å². The van der Waals surface area contributed by atoms with Crippen molar-refractivity contribution >= 4 is 29.4 Å². The van der Waals surface area contributed by atoms with Crippen LogP contribution in [0.3, 0.4) is 0 Å². The lowest BCUT2D eigenvalue weighted by molar-refractivity contribution is -0.112. The first kappa shape index (κ1) is 17.7. The van der Waals surface area contributed by atoms with E-state index in [2.05, 4.69) is 15.5 Å². The molecule has 0 bridgehead atoms. The molecule has 1 aromatic carbocycles. The van der Waals surface area contributed by atoms with Crippen molar-refractivity contribution < 1.29 is 13.6 Å². The third-order valence-electron chi connectivity index (χ3n) is 3.18. The van der Waals surface area contributed by atoms with Gasteiger partial charge in [0, 0.05) is 21.8 Å². The Bertz CT molecular complexity index is 787. The highest BCUT2D eigenvalue weighted by molar-refractivity contribution is 7.99. The maximum atomic E-state index is 12.3. The Morgan fingerprint density at radius 2 is 2.04 bits per heavy atom. The van der Waals surface area contributed by atoms with Gasteiger partial charge in [-0.05, 0) is 44.2 Å². The number of amides is 1. The van der Waals surface area contributed by atoms with Gasteiger partial charge in [-0.25, -0.2) is 0 Å². The zero-order valence-electron chi connectivity index (χ0n) is 12.9. The van der Waals surface area contributed by atoms with E-state index in [1.54, 1.807) is 13.8 Å². The summed E-state index contributed by atoms with van der Waals surface area (Å²) >= 11 is 0.423. The van der Waals surface area contributed by atoms with Crippen LogP contribution in [0.2, 0.25) is 0 Å². The van der Waals surface area contributed by atoms with E-state index < -0.39 is 11.7 Å². The highest BCUT2D eigenvalue weighted by Crippen LogP contribution is 2.26. The number of carbonyl (C=O) groups excluding carboxylic acids is 1. The molecule has 8 heteroatoms. The molecule has 0 atom stereocenters. The number of carbonyl (C=O) groups is 1. The van der Waals surface area contributed by atoms with Gasteiger partial charge in [0.05, 0.1) is 5.69 Å². The van der Waals surface area contributed by atoms with Gasteiger partial charge in [0.25, 0.3) is 11.7 Å². The summed E-state index contributed by atoms with van der Waals surface area (Å²) in [7, 11) is 0. The number of thioether (sulfide) groups is 1. The molecule has 5 nitrogen and oxygen atoms in total. The number of aromatic nitrogens is 2. The highest BCUT2D eigenvalue weighted by atomic mass is 32.2. The maximum Gasteiger partial charge on any atom is 0.288 e. The smallest absolute Gasteiger partial charge is 0.288 e. The van der Waals surface area contributed by atoms with Crippen LogP contribution in [0.25, 0.3) is 6.08 Å². The molecule has 24 heavy (non-hydrogen) atoms. The molecule has 0 aliphatic rings. The Morgan fingerprint density at radius 3 is 2.54 bits per heavy atom. The standard InChI is InChI=1S/C16H14F2N4OS/c1-9-14(10(2)22-21-9)7-11(8-19)15(23)20-12-3-5-13(6-4-12)24-16(17)18/h3-7,16H,1-2H3,(H,20,23)(H,21,22). The molecule has 0 spiro atoms. The Labute approximate surface area is 141 Å². The summed E-state index contributed by atoms with van der Waals surface area (Å²) in [6.45, 7) is 3.56. The van der Waals surface area contributed by atoms with Crippen molar-refractivity contribution in [2.24, 2.45) is 0 Å². The van der Waals surface area contributed by atoms with Crippen LogP contribution in [0.4, 0.5) is 14.5 Å². The van der Waals surface area contributed by atoms with E-state index in [0.29, 0.717) is 33.6 Å². The number of alkyl halides is 2. The summed E-state index contributed by atoms with van der Waals surface area (Å²) in [5.74, 6) is -3.08. The number of anilines is 1. The van der Waals surface area contributed by atoms with Gasteiger partial charge in [0.1, 0.15) is 11.6 Å². The van der Waals surface area contributed by atoms with Crippen molar-refractivity contribution in [3.8, 4) is 6.07 Å². The second kappa shape index (κ2) is 7.75. The molecule has 0 saturated heterocycles. The van der Waals surface area contributed by atoms with Crippen molar-refractivity contribution in [3.63, 3.8) is 0 Å². The number of H-pyrrole nitrogens is 1. The summed E-state index contributed by atoms with van der Waals surface area (Å²) in [6, 6.07) is 7.83. The molecular formula is C16H14F2N4OS. The summed E-state index contributed by atoms with van der Waals surface area (Å²) in [5, 5.41) is 18.6. The topological polar surface area (TPSA) is 81.6 Å². The molecule has 124 valence electrons. The summed E-state index contributed by atoms with van der Waals surface area (Å²) in [5.41, 5.74) is 2.46. The fourth-order valence-electron chi connectivity index (χ4n) is 1.98. The molecule has 1 aromatic heterocycles. The summed E-state index contributed by atoms with van der Waals surface area (Å²) < 4.78 is 24.5. The number of hydrogen-bond acceptors (Lipinski definition) is 4. The molecular weight excluding hydrogens is 334 g/mol. The molecule has 1 amide bonds. The first-order valence-electron chi connectivity index (χ1n) is 6.90. The minimum atomic E-state index is -2.50. The van der Waals surface area contributed by atoms with Gasteiger partial charge in [-0.1, -0.05) is 11.8 Å². The number of aryl methyl sites for hydroxylation is 2. The fourth-order valence-corrected chi connectivity index (χ4v) is 2.48. The fraction of sp³-hybridized carbons (Fsp3) is 0.188. The molecule has 2 N–H and O–H groups in total. The van der Waals surface area contributed by atoms with E-state index in [-0.39, 0.29) is 5.57 Å². The Hall–Kier alpha value is -2.66. The van der Waals surface area contributed by atoms with Crippen LogP contribution in [-0.4, -0.2) is 21.9 Å².